The first-order valence-electron chi connectivity index (χ1n) is 5.51. The van der Waals surface area contributed by atoms with Gasteiger partial charge in [0.25, 0.3) is 0 Å². The molecule has 0 aliphatic heterocycles. The summed E-state index contributed by atoms with van der Waals surface area (Å²) in [5, 5.41) is 1.34. The normalized spacial score (nSPS) is 12.5. The van der Waals surface area contributed by atoms with Crippen LogP contribution in [-0.2, 0) is 0 Å². The number of rotatable bonds is 2. The van der Waals surface area contributed by atoms with E-state index in [1.807, 2.05) is 37.3 Å². The summed E-state index contributed by atoms with van der Waals surface area (Å²) < 4.78 is 0. The fourth-order valence-electron chi connectivity index (χ4n) is 1.91. The maximum Gasteiger partial charge on any atom is 0.0809 e. The maximum absolute atomic E-state index is 6.26. The molecule has 2 rings (SSSR count). The van der Waals surface area contributed by atoms with Crippen LogP contribution in [0.5, 0.6) is 0 Å². The average Bonchev–Trinajstić information content (AvgIpc) is 2.44. The SMILES string of the molecule is CC(c1ccccc1)c1c(Cl)c(Cl)c(Cl)c(Cl)c1Cl. The lowest BCUT2D eigenvalue weighted by Crippen LogP contribution is -1.99. The van der Waals surface area contributed by atoms with Gasteiger partial charge in [0.2, 0.25) is 0 Å². The van der Waals surface area contributed by atoms with Gasteiger partial charge in [0.1, 0.15) is 0 Å². The van der Waals surface area contributed by atoms with Crippen molar-refractivity contribution >= 4 is 58.0 Å². The van der Waals surface area contributed by atoms with Crippen molar-refractivity contribution in [3.63, 3.8) is 0 Å². The van der Waals surface area contributed by atoms with Crippen molar-refractivity contribution in [3.05, 3.63) is 66.6 Å². The molecule has 0 bridgehead atoms. The number of benzene rings is 2. The first kappa shape index (κ1) is 15.3. The first-order chi connectivity index (χ1) is 8.95. The quantitative estimate of drug-likeness (QED) is 0.398. The Hall–Kier alpha value is -0.110. The highest BCUT2D eigenvalue weighted by molar-refractivity contribution is 6.55. The van der Waals surface area contributed by atoms with E-state index in [4.69, 9.17) is 58.0 Å². The van der Waals surface area contributed by atoms with Crippen LogP contribution in [0.2, 0.25) is 25.1 Å². The molecule has 0 saturated heterocycles. The molecule has 2 aromatic rings. The van der Waals surface area contributed by atoms with Crippen LogP contribution < -0.4 is 0 Å². The predicted octanol–water partition coefficient (Wildman–Crippen LogP) is 7.11. The summed E-state index contributed by atoms with van der Waals surface area (Å²) in [5.41, 5.74) is 1.76. The summed E-state index contributed by atoms with van der Waals surface area (Å²) in [6.07, 6.45) is 0. The van der Waals surface area contributed by atoms with E-state index >= 15 is 0 Å². The Labute approximate surface area is 137 Å². The van der Waals surface area contributed by atoms with Crippen LogP contribution in [0.25, 0.3) is 0 Å². The van der Waals surface area contributed by atoms with Crippen LogP contribution in [0.15, 0.2) is 30.3 Å². The van der Waals surface area contributed by atoms with Gasteiger partial charge in [-0.3, -0.25) is 0 Å². The third kappa shape index (κ3) is 2.84. The van der Waals surface area contributed by atoms with Crippen molar-refractivity contribution in [3.8, 4) is 0 Å². The molecule has 2 aromatic carbocycles. The molecule has 0 amide bonds. The fourth-order valence-corrected chi connectivity index (χ4v) is 3.39. The Morgan fingerprint density at radius 3 is 1.58 bits per heavy atom. The molecule has 0 nitrogen and oxygen atoms in total. The molecule has 0 spiro atoms. The number of halogens is 5. The summed E-state index contributed by atoms with van der Waals surface area (Å²) in [5.74, 6) is -0.0338. The van der Waals surface area contributed by atoms with E-state index in [-0.39, 0.29) is 21.0 Å². The Balaban J connectivity index is 2.64. The summed E-state index contributed by atoms with van der Waals surface area (Å²) in [6.45, 7) is 1.99. The predicted molar refractivity (Wildman–Crippen MR) is 85.5 cm³/mol. The largest absolute Gasteiger partial charge is 0.0823 e. The molecule has 0 saturated carbocycles. The zero-order valence-corrected chi connectivity index (χ0v) is 13.6. The van der Waals surface area contributed by atoms with Crippen LogP contribution in [0, 0.1) is 0 Å². The van der Waals surface area contributed by atoms with Gasteiger partial charge >= 0.3 is 0 Å². The second-order valence-electron chi connectivity index (χ2n) is 4.12. The first-order valence-corrected chi connectivity index (χ1v) is 7.40. The van der Waals surface area contributed by atoms with E-state index in [0.717, 1.165) is 5.56 Å². The van der Waals surface area contributed by atoms with E-state index in [9.17, 15) is 0 Å². The van der Waals surface area contributed by atoms with Gasteiger partial charge < -0.3 is 0 Å². The van der Waals surface area contributed by atoms with Crippen molar-refractivity contribution in [2.75, 3.05) is 0 Å². The molecule has 0 aliphatic carbocycles. The highest BCUT2D eigenvalue weighted by Gasteiger charge is 2.23. The van der Waals surface area contributed by atoms with E-state index in [1.54, 1.807) is 0 Å². The summed E-state index contributed by atoms with van der Waals surface area (Å²) in [4.78, 5) is 0. The third-order valence-corrected chi connectivity index (χ3v) is 5.28. The minimum absolute atomic E-state index is 0.0338. The maximum atomic E-state index is 6.26. The van der Waals surface area contributed by atoms with Gasteiger partial charge in [0.15, 0.2) is 0 Å². The lowest BCUT2D eigenvalue weighted by Gasteiger charge is -2.18. The Bertz CT molecular complexity index is 578. The number of hydrogen-bond donors (Lipinski definition) is 0. The van der Waals surface area contributed by atoms with Gasteiger partial charge in [-0.25, -0.2) is 0 Å². The summed E-state index contributed by atoms with van der Waals surface area (Å²) >= 11 is 30.7. The summed E-state index contributed by atoms with van der Waals surface area (Å²) in [7, 11) is 0. The van der Waals surface area contributed by atoms with Crippen molar-refractivity contribution in [2.24, 2.45) is 0 Å². The van der Waals surface area contributed by atoms with Gasteiger partial charge in [-0.1, -0.05) is 95.3 Å². The molecule has 1 unspecified atom stereocenters. The van der Waals surface area contributed by atoms with Crippen LogP contribution in [0.3, 0.4) is 0 Å². The van der Waals surface area contributed by atoms with Crippen LogP contribution in [0.4, 0.5) is 0 Å². The van der Waals surface area contributed by atoms with Crippen molar-refractivity contribution in [1.82, 2.24) is 0 Å². The highest BCUT2D eigenvalue weighted by atomic mass is 35.5. The molecule has 0 aromatic heterocycles. The zero-order valence-electron chi connectivity index (χ0n) is 9.85. The molecular formula is C14H9Cl5. The van der Waals surface area contributed by atoms with E-state index in [1.165, 1.54) is 0 Å². The van der Waals surface area contributed by atoms with Gasteiger partial charge in [-0.2, -0.15) is 0 Å². The van der Waals surface area contributed by atoms with Crippen LogP contribution >= 0.6 is 58.0 Å². The van der Waals surface area contributed by atoms with E-state index in [2.05, 4.69) is 0 Å². The monoisotopic (exact) mass is 352 g/mol. The fraction of sp³-hybridized carbons (Fsp3) is 0.143. The lowest BCUT2D eigenvalue weighted by atomic mass is 9.93. The number of hydrogen-bond acceptors (Lipinski definition) is 0. The second kappa shape index (κ2) is 6.11. The molecule has 0 radical (unpaired) electrons. The second-order valence-corrected chi connectivity index (χ2v) is 6.01. The minimum Gasteiger partial charge on any atom is -0.0823 e. The van der Waals surface area contributed by atoms with Gasteiger partial charge in [-0.15, -0.1) is 0 Å². The van der Waals surface area contributed by atoms with E-state index < -0.39 is 0 Å². The van der Waals surface area contributed by atoms with Crippen molar-refractivity contribution < 1.29 is 0 Å². The molecule has 19 heavy (non-hydrogen) atoms. The van der Waals surface area contributed by atoms with Crippen molar-refractivity contribution in [1.29, 1.82) is 0 Å². The molecular weight excluding hydrogens is 345 g/mol. The lowest BCUT2D eigenvalue weighted by molar-refractivity contribution is 0.923. The Morgan fingerprint density at radius 2 is 1.11 bits per heavy atom. The third-order valence-electron chi connectivity index (χ3n) is 2.98. The Morgan fingerprint density at radius 1 is 0.684 bits per heavy atom. The molecule has 0 N–H and O–H groups in total. The summed E-state index contributed by atoms with van der Waals surface area (Å²) in [6, 6.07) is 9.84. The molecule has 0 aliphatic rings. The van der Waals surface area contributed by atoms with E-state index in [0.29, 0.717) is 15.6 Å². The molecule has 0 fully saturated rings. The highest BCUT2D eigenvalue weighted by Crippen LogP contribution is 2.47. The average molecular weight is 354 g/mol. The van der Waals surface area contributed by atoms with Gasteiger partial charge in [0, 0.05) is 5.92 Å². The standard InChI is InChI=1S/C14H9Cl5/c1-7(8-5-3-2-4-6-8)9-10(15)12(17)14(19)13(18)11(9)16/h2-7H,1H3. The van der Waals surface area contributed by atoms with Crippen LogP contribution in [-0.4, -0.2) is 0 Å². The van der Waals surface area contributed by atoms with Gasteiger partial charge in [0.05, 0.1) is 25.1 Å². The molecule has 5 heteroatoms. The van der Waals surface area contributed by atoms with Crippen molar-refractivity contribution in [2.45, 2.75) is 12.8 Å². The topological polar surface area (TPSA) is 0 Å². The Kier molecular flexibility index (Phi) is 4.92. The zero-order chi connectivity index (χ0) is 14.2. The van der Waals surface area contributed by atoms with Crippen LogP contribution in [0.1, 0.15) is 24.0 Å². The minimum atomic E-state index is -0.0338. The molecule has 1 atom stereocenters. The molecule has 100 valence electrons. The smallest absolute Gasteiger partial charge is 0.0809 e. The molecule has 0 heterocycles. The van der Waals surface area contributed by atoms with Gasteiger partial charge in [-0.05, 0) is 11.1 Å².